The summed E-state index contributed by atoms with van der Waals surface area (Å²) < 4.78 is 3.28. The molecule has 0 aliphatic rings. The fourth-order valence-corrected chi connectivity index (χ4v) is 3.39. The lowest BCUT2D eigenvalue weighted by atomic mass is 10.3. The van der Waals surface area contributed by atoms with Crippen molar-refractivity contribution >= 4 is 23.5 Å². The van der Waals surface area contributed by atoms with E-state index in [1.165, 1.54) is 17.6 Å². The van der Waals surface area contributed by atoms with E-state index in [2.05, 4.69) is 15.5 Å². The molecule has 1 aromatic carbocycles. The summed E-state index contributed by atoms with van der Waals surface area (Å²) in [5, 5.41) is 6.64. The van der Waals surface area contributed by atoms with E-state index in [1.54, 1.807) is 23.3 Å². The number of carbonyl (C=O) groups excluding carboxylic acids is 1. The largest absolute Gasteiger partial charge is 0.279 e. The Morgan fingerprint density at radius 3 is 2.69 bits per heavy atom. The number of aromatic nitrogens is 3. The van der Waals surface area contributed by atoms with E-state index in [0.29, 0.717) is 11.3 Å². The molecule has 3 aromatic rings. The molecule has 1 amide bonds. The van der Waals surface area contributed by atoms with E-state index in [9.17, 15) is 9.59 Å². The van der Waals surface area contributed by atoms with Crippen molar-refractivity contribution in [3.8, 4) is 5.69 Å². The van der Waals surface area contributed by atoms with Crippen LogP contribution < -0.4 is 11.0 Å². The number of aryl methyl sites for hydroxylation is 1. The molecule has 1 N–H and O–H groups in total. The van der Waals surface area contributed by atoms with Gasteiger partial charge in [0.05, 0.1) is 24.0 Å². The van der Waals surface area contributed by atoms with E-state index in [1.807, 2.05) is 42.6 Å². The first-order valence-electron chi connectivity index (χ1n) is 8.04. The first-order valence-corrected chi connectivity index (χ1v) is 8.92. The Kier molecular flexibility index (Phi) is 5.13. The topological polar surface area (TPSA) is 81.3 Å². The van der Waals surface area contributed by atoms with Crippen LogP contribution in [0.5, 0.6) is 0 Å². The summed E-state index contributed by atoms with van der Waals surface area (Å²) in [7, 11) is 1.78. The highest BCUT2D eigenvalue weighted by Crippen LogP contribution is 2.10. The Labute approximate surface area is 154 Å². The smallest absolute Gasteiger partial charge is 0.274 e. The molecule has 0 atom stereocenters. The van der Waals surface area contributed by atoms with Gasteiger partial charge < -0.3 is 0 Å². The molecule has 8 heteroatoms. The lowest BCUT2D eigenvalue weighted by Gasteiger charge is -2.07. The number of nitrogens with zero attached hydrogens (tertiary/aromatic N) is 4. The number of amides is 1. The summed E-state index contributed by atoms with van der Waals surface area (Å²) in [6.45, 7) is 3.63. The van der Waals surface area contributed by atoms with Gasteiger partial charge in [-0.05, 0) is 26.0 Å². The molecule has 0 aliphatic heterocycles. The molecule has 2 aromatic heterocycles. The average molecular weight is 369 g/mol. The van der Waals surface area contributed by atoms with Gasteiger partial charge in [-0.2, -0.15) is 5.10 Å². The minimum absolute atomic E-state index is 0.121. The first-order chi connectivity index (χ1) is 12.5. The Hall–Kier alpha value is -3.00. The zero-order valence-corrected chi connectivity index (χ0v) is 15.6. The minimum atomic E-state index is -0.249. The maximum Gasteiger partial charge on any atom is 0.274 e. The minimum Gasteiger partial charge on any atom is -0.279 e. The summed E-state index contributed by atoms with van der Waals surface area (Å²) in [5.74, 6) is -0.249. The molecule has 0 aliphatic carbocycles. The number of carbonyl (C=O) groups is 1. The fourth-order valence-electron chi connectivity index (χ4n) is 2.62. The predicted molar refractivity (Wildman–Crippen MR) is 102 cm³/mol. The molecule has 7 nitrogen and oxygen atoms in total. The maximum absolute atomic E-state index is 12.5. The molecule has 0 fully saturated rings. The second-order valence-corrected chi connectivity index (χ2v) is 6.78. The Balaban J connectivity index is 1.77. The van der Waals surface area contributed by atoms with Gasteiger partial charge in [0.2, 0.25) is 5.91 Å². The second-order valence-electron chi connectivity index (χ2n) is 5.84. The maximum atomic E-state index is 12.5. The standard InChI is InChI=1S/C18H19N5O2S/c1-12-11-26-17(20-12)9-16(24)21-19-10-15-13(2)18(25)23(22(15)3)14-7-5-4-6-8-14/h4-8,10-11H,9H2,1-3H3,(H,21,24)/b19-10-. The van der Waals surface area contributed by atoms with Crippen LogP contribution in [-0.2, 0) is 18.3 Å². The third-order valence-electron chi connectivity index (χ3n) is 3.90. The molecule has 2 heterocycles. The van der Waals surface area contributed by atoms with Crippen LogP contribution in [0.1, 0.15) is 22.0 Å². The van der Waals surface area contributed by atoms with Gasteiger partial charge in [-0.15, -0.1) is 11.3 Å². The van der Waals surface area contributed by atoms with Gasteiger partial charge >= 0.3 is 0 Å². The highest BCUT2D eigenvalue weighted by molar-refractivity contribution is 7.09. The van der Waals surface area contributed by atoms with Gasteiger partial charge in [-0.3, -0.25) is 14.3 Å². The summed E-state index contributed by atoms with van der Waals surface area (Å²) in [5.41, 5.74) is 5.22. The molecule has 0 bridgehead atoms. The average Bonchev–Trinajstić information content (AvgIpc) is 3.11. The van der Waals surface area contributed by atoms with E-state index < -0.39 is 0 Å². The van der Waals surface area contributed by atoms with Crippen LogP contribution in [0.25, 0.3) is 5.69 Å². The van der Waals surface area contributed by atoms with Crippen molar-refractivity contribution in [2.24, 2.45) is 12.1 Å². The van der Waals surface area contributed by atoms with Gasteiger partial charge in [0.25, 0.3) is 5.56 Å². The highest BCUT2D eigenvalue weighted by Gasteiger charge is 2.14. The molecule has 26 heavy (non-hydrogen) atoms. The van der Waals surface area contributed by atoms with E-state index >= 15 is 0 Å². The molecule has 0 saturated carbocycles. The monoisotopic (exact) mass is 369 g/mol. The van der Waals surface area contributed by atoms with Crippen LogP contribution in [0.3, 0.4) is 0 Å². The summed E-state index contributed by atoms with van der Waals surface area (Å²) in [6.07, 6.45) is 1.67. The number of hydrazone groups is 1. The SMILES string of the molecule is Cc1csc(CC(=O)N/N=C\c2c(C)c(=O)n(-c3ccccc3)n2C)n1. The van der Waals surface area contributed by atoms with Crippen LogP contribution in [0, 0.1) is 13.8 Å². The Morgan fingerprint density at radius 2 is 2.04 bits per heavy atom. The van der Waals surface area contributed by atoms with Crippen molar-refractivity contribution in [3.63, 3.8) is 0 Å². The van der Waals surface area contributed by atoms with Crippen LogP contribution in [0.4, 0.5) is 0 Å². The Bertz CT molecular complexity index is 1010. The van der Waals surface area contributed by atoms with Crippen molar-refractivity contribution in [1.29, 1.82) is 0 Å². The zero-order valence-electron chi connectivity index (χ0n) is 14.8. The van der Waals surface area contributed by atoms with Crippen molar-refractivity contribution in [2.45, 2.75) is 20.3 Å². The van der Waals surface area contributed by atoms with Crippen molar-refractivity contribution in [1.82, 2.24) is 19.8 Å². The van der Waals surface area contributed by atoms with Gasteiger partial charge in [-0.1, -0.05) is 18.2 Å². The fraction of sp³-hybridized carbons (Fsp3) is 0.222. The Morgan fingerprint density at radius 1 is 1.31 bits per heavy atom. The van der Waals surface area contributed by atoms with Gasteiger partial charge in [0, 0.05) is 23.7 Å². The summed E-state index contributed by atoms with van der Waals surface area (Å²) in [6, 6.07) is 9.36. The van der Waals surface area contributed by atoms with Gasteiger partial charge in [0.1, 0.15) is 5.01 Å². The molecular weight excluding hydrogens is 350 g/mol. The quantitative estimate of drug-likeness (QED) is 0.551. The third kappa shape index (κ3) is 3.65. The van der Waals surface area contributed by atoms with Crippen molar-refractivity contribution in [3.05, 3.63) is 68.0 Å². The van der Waals surface area contributed by atoms with Crippen molar-refractivity contribution in [2.75, 3.05) is 0 Å². The first kappa shape index (κ1) is 17.8. The molecule has 0 saturated heterocycles. The second kappa shape index (κ2) is 7.49. The number of rotatable bonds is 5. The predicted octanol–water partition coefficient (Wildman–Crippen LogP) is 1.94. The van der Waals surface area contributed by atoms with Crippen LogP contribution >= 0.6 is 11.3 Å². The molecule has 134 valence electrons. The summed E-state index contributed by atoms with van der Waals surface area (Å²) in [4.78, 5) is 28.7. The molecule has 0 unspecified atom stereocenters. The molecular formula is C18H19N5O2S. The highest BCUT2D eigenvalue weighted by atomic mass is 32.1. The van der Waals surface area contributed by atoms with Gasteiger partial charge in [0.15, 0.2) is 0 Å². The number of thiazole rings is 1. The molecule has 0 radical (unpaired) electrons. The van der Waals surface area contributed by atoms with E-state index in [4.69, 9.17) is 0 Å². The normalized spacial score (nSPS) is 11.2. The zero-order chi connectivity index (χ0) is 18.7. The lowest BCUT2D eigenvalue weighted by Crippen LogP contribution is -2.21. The van der Waals surface area contributed by atoms with Crippen molar-refractivity contribution < 1.29 is 4.79 Å². The number of para-hydroxylation sites is 1. The number of nitrogens with one attached hydrogen (secondary N) is 1. The van der Waals surface area contributed by atoms with E-state index in [-0.39, 0.29) is 17.9 Å². The van der Waals surface area contributed by atoms with Crippen LogP contribution in [0.15, 0.2) is 45.6 Å². The third-order valence-corrected chi connectivity index (χ3v) is 4.87. The van der Waals surface area contributed by atoms with Crippen LogP contribution in [0.2, 0.25) is 0 Å². The number of hydrogen-bond acceptors (Lipinski definition) is 5. The number of benzene rings is 1. The van der Waals surface area contributed by atoms with Crippen LogP contribution in [-0.4, -0.2) is 26.5 Å². The van der Waals surface area contributed by atoms with Gasteiger partial charge in [-0.25, -0.2) is 15.1 Å². The van der Waals surface area contributed by atoms with E-state index in [0.717, 1.165) is 16.4 Å². The molecule has 3 rings (SSSR count). The lowest BCUT2D eigenvalue weighted by molar-refractivity contribution is -0.120. The number of hydrogen-bond donors (Lipinski definition) is 1. The summed E-state index contributed by atoms with van der Waals surface area (Å²) >= 11 is 1.44. The molecule has 0 spiro atoms.